The third kappa shape index (κ3) is 5.50. The Morgan fingerprint density at radius 2 is 2.22 bits per heavy atom. The normalized spacial score (nSPS) is 15.1. The van der Waals surface area contributed by atoms with E-state index in [0.29, 0.717) is 6.42 Å². The SMILES string of the molecule is C=CC(F)CC(C)(C)N. The van der Waals surface area contributed by atoms with Crippen molar-refractivity contribution in [1.82, 2.24) is 0 Å². The molecule has 2 heteroatoms. The molecular formula is C7H14FN. The van der Waals surface area contributed by atoms with Crippen LogP contribution in [0.25, 0.3) is 0 Å². The van der Waals surface area contributed by atoms with Gasteiger partial charge in [0.05, 0.1) is 0 Å². The van der Waals surface area contributed by atoms with E-state index < -0.39 is 11.7 Å². The summed E-state index contributed by atoms with van der Waals surface area (Å²) in [6, 6.07) is 0. The van der Waals surface area contributed by atoms with Gasteiger partial charge in [-0.05, 0) is 20.3 Å². The second-order valence-electron chi connectivity index (χ2n) is 2.94. The number of alkyl halides is 1. The molecule has 0 aliphatic carbocycles. The van der Waals surface area contributed by atoms with E-state index in [0.717, 1.165) is 0 Å². The highest BCUT2D eigenvalue weighted by molar-refractivity contribution is 4.86. The first-order chi connectivity index (χ1) is 3.95. The quantitative estimate of drug-likeness (QED) is 0.579. The zero-order chi connectivity index (χ0) is 7.49. The van der Waals surface area contributed by atoms with Crippen molar-refractivity contribution in [2.75, 3.05) is 0 Å². The maximum absolute atomic E-state index is 12.4. The molecule has 0 fully saturated rings. The predicted octanol–water partition coefficient (Wildman–Crippen LogP) is 1.64. The molecule has 0 aromatic rings. The third-order valence-electron chi connectivity index (χ3n) is 0.977. The molecule has 0 spiro atoms. The summed E-state index contributed by atoms with van der Waals surface area (Å²) >= 11 is 0. The average molecular weight is 131 g/mol. The van der Waals surface area contributed by atoms with Gasteiger partial charge in [-0.3, -0.25) is 0 Å². The number of rotatable bonds is 3. The molecule has 0 aromatic heterocycles. The average Bonchev–Trinajstić information content (AvgIpc) is 1.62. The Hall–Kier alpha value is -0.370. The lowest BCUT2D eigenvalue weighted by atomic mass is 9.99. The fourth-order valence-corrected chi connectivity index (χ4v) is 0.586. The van der Waals surface area contributed by atoms with Crippen LogP contribution in [0.1, 0.15) is 20.3 Å². The van der Waals surface area contributed by atoms with Gasteiger partial charge in [-0.2, -0.15) is 0 Å². The van der Waals surface area contributed by atoms with Crippen LogP contribution in [0.5, 0.6) is 0 Å². The van der Waals surface area contributed by atoms with Crippen LogP contribution in [0.4, 0.5) is 4.39 Å². The topological polar surface area (TPSA) is 26.0 Å². The fraction of sp³-hybridized carbons (Fsp3) is 0.714. The van der Waals surface area contributed by atoms with Crippen molar-refractivity contribution in [2.24, 2.45) is 5.73 Å². The van der Waals surface area contributed by atoms with Crippen LogP contribution in [0, 0.1) is 0 Å². The van der Waals surface area contributed by atoms with Crippen LogP contribution in [-0.2, 0) is 0 Å². The summed E-state index contributed by atoms with van der Waals surface area (Å²) < 4.78 is 12.4. The molecule has 0 aliphatic rings. The number of hydrogen-bond donors (Lipinski definition) is 1. The van der Waals surface area contributed by atoms with Crippen LogP contribution in [0.3, 0.4) is 0 Å². The second kappa shape index (κ2) is 2.97. The molecule has 1 nitrogen and oxygen atoms in total. The van der Waals surface area contributed by atoms with E-state index in [9.17, 15) is 4.39 Å². The molecule has 9 heavy (non-hydrogen) atoms. The molecule has 0 aliphatic heterocycles. The molecular weight excluding hydrogens is 117 g/mol. The predicted molar refractivity (Wildman–Crippen MR) is 38.0 cm³/mol. The lowest BCUT2D eigenvalue weighted by molar-refractivity contribution is 0.311. The monoisotopic (exact) mass is 131 g/mol. The summed E-state index contributed by atoms with van der Waals surface area (Å²) in [7, 11) is 0. The zero-order valence-corrected chi connectivity index (χ0v) is 6.02. The highest BCUT2D eigenvalue weighted by atomic mass is 19.1. The number of allylic oxidation sites excluding steroid dienone is 1. The van der Waals surface area contributed by atoms with Gasteiger partial charge in [0.1, 0.15) is 6.17 Å². The van der Waals surface area contributed by atoms with E-state index in [-0.39, 0.29) is 0 Å². The Bertz CT molecular complexity index is 93.6. The van der Waals surface area contributed by atoms with Crippen LogP contribution in [0.15, 0.2) is 12.7 Å². The van der Waals surface area contributed by atoms with Crippen LogP contribution in [0.2, 0.25) is 0 Å². The molecule has 0 aromatic carbocycles. The molecule has 0 rings (SSSR count). The summed E-state index contributed by atoms with van der Waals surface area (Å²) in [4.78, 5) is 0. The smallest absolute Gasteiger partial charge is 0.120 e. The highest BCUT2D eigenvalue weighted by Gasteiger charge is 2.15. The number of halogens is 1. The van der Waals surface area contributed by atoms with Crippen molar-refractivity contribution in [3.05, 3.63) is 12.7 Å². The lowest BCUT2D eigenvalue weighted by Crippen LogP contribution is -2.34. The molecule has 1 unspecified atom stereocenters. The van der Waals surface area contributed by atoms with Gasteiger partial charge >= 0.3 is 0 Å². The van der Waals surface area contributed by atoms with Gasteiger partial charge in [0.2, 0.25) is 0 Å². The Kier molecular flexibility index (Phi) is 2.85. The van der Waals surface area contributed by atoms with Gasteiger partial charge in [-0.1, -0.05) is 6.08 Å². The second-order valence-corrected chi connectivity index (χ2v) is 2.94. The van der Waals surface area contributed by atoms with Gasteiger partial charge in [-0.15, -0.1) is 6.58 Å². The van der Waals surface area contributed by atoms with E-state index >= 15 is 0 Å². The third-order valence-corrected chi connectivity index (χ3v) is 0.977. The van der Waals surface area contributed by atoms with Crippen LogP contribution >= 0.6 is 0 Å². The highest BCUT2D eigenvalue weighted by Crippen LogP contribution is 2.10. The molecule has 54 valence electrons. The fourth-order valence-electron chi connectivity index (χ4n) is 0.586. The molecule has 0 bridgehead atoms. The Morgan fingerprint density at radius 1 is 1.78 bits per heavy atom. The Morgan fingerprint density at radius 3 is 2.33 bits per heavy atom. The van der Waals surface area contributed by atoms with Crippen LogP contribution < -0.4 is 5.73 Å². The molecule has 0 saturated heterocycles. The van der Waals surface area contributed by atoms with E-state index in [1.54, 1.807) is 13.8 Å². The number of nitrogens with two attached hydrogens (primary N) is 1. The van der Waals surface area contributed by atoms with E-state index in [2.05, 4.69) is 6.58 Å². The van der Waals surface area contributed by atoms with Crippen molar-refractivity contribution in [3.63, 3.8) is 0 Å². The summed E-state index contributed by atoms with van der Waals surface area (Å²) in [5.74, 6) is 0. The molecule has 2 N–H and O–H groups in total. The molecule has 0 heterocycles. The Labute approximate surface area is 55.7 Å². The standard InChI is InChI=1S/C7H14FN/c1-4-6(8)5-7(2,3)9/h4,6H,1,5,9H2,2-3H3. The first kappa shape index (κ1) is 8.63. The van der Waals surface area contributed by atoms with Crippen molar-refractivity contribution in [3.8, 4) is 0 Å². The first-order valence-electron chi connectivity index (χ1n) is 3.01. The van der Waals surface area contributed by atoms with Crippen molar-refractivity contribution in [2.45, 2.75) is 32.0 Å². The molecule has 0 amide bonds. The lowest BCUT2D eigenvalue weighted by Gasteiger charge is -2.18. The van der Waals surface area contributed by atoms with Crippen LogP contribution in [-0.4, -0.2) is 11.7 Å². The number of hydrogen-bond acceptors (Lipinski definition) is 1. The summed E-state index contributed by atoms with van der Waals surface area (Å²) in [6.45, 7) is 6.90. The van der Waals surface area contributed by atoms with Gasteiger partial charge in [0.15, 0.2) is 0 Å². The van der Waals surface area contributed by atoms with E-state index in [1.165, 1.54) is 6.08 Å². The molecule has 0 saturated carbocycles. The Balaban J connectivity index is 3.59. The van der Waals surface area contributed by atoms with Crippen molar-refractivity contribution >= 4 is 0 Å². The minimum absolute atomic E-state index is 0.344. The van der Waals surface area contributed by atoms with Gasteiger partial charge in [0.25, 0.3) is 0 Å². The molecule has 1 atom stereocenters. The summed E-state index contributed by atoms with van der Waals surface area (Å²) in [5.41, 5.74) is 5.10. The van der Waals surface area contributed by atoms with Gasteiger partial charge in [0, 0.05) is 5.54 Å². The maximum atomic E-state index is 12.4. The minimum Gasteiger partial charge on any atom is -0.325 e. The van der Waals surface area contributed by atoms with Crippen molar-refractivity contribution < 1.29 is 4.39 Å². The molecule has 0 radical (unpaired) electrons. The van der Waals surface area contributed by atoms with E-state index in [1.807, 2.05) is 0 Å². The first-order valence-corrected chi connectivity index (χ1v) is 3.01. The van der Waals surface area contributed by atoms with Gasteiger partial charge < -0.3 is 5.73 Å². The summed E-state index contributed by atoms with van der Waals surface area (Å²) in [5, 5.41) is 0. The van der Waals surface area contributed by atoms with E-state index in [4.69, 9.17) is 5.73 Å². The minimum atomic E-state index is -0.968. The zero-order valence-electron chi connectivity index (χ0n) is 6.02. The summed E-state index contributed by atoms with van der Waals surface area (Å²) in [6.07, 6.45) is 0.649. The largest absolute Gasteiger partial charge is 0.325 e. The van der Waals surface area contributed by atoms with Crippen molar-refractivity contribution in [1.29, 1.82) is 0 Å². The van der Waals surface area contributed by atoms with Gasteiger partial charge in [-0.25, -0.2) is 4.39 Å². The maximum Gasteiger partial charge on any atom is 0.120 e.